The molecule has 0 saturated carbocycles. The molecular formula is C16H17Cl2N7O3S. The Balaban J connectivity index is 1.76. The first-order valence-corrected chi connectivity index (χ1v) is 10.1. The van der Waals surface area contributed by atoms with Gasteiger partial charge in [-0.2, -0.15) is 0 Å². The first kappa shape index (κ1) is 21.3. The number of aromatic amines is 1. The predicted molar refractivity (Wildman–Crippen MR) is 110 cm³/mol. The molecule has 2 aromatic heterocycles. The van der Waals surface area contributed by atoms with Crippen molar-refractivity contribution in [3.8, 4) is 0 Å². The van der Waals surface area contributed by atoms with Gasteiger partial charge in [0.25, 0.3) is 5.91 Å². The number of aryl methyl sites for hydroxylation is 2. The number of halogens is 2. The molecule has 3 heterocycles. The highest BCUT2D eigenvalue weighted by Gasteiger charge is 2.33. The smallest absolute Gasteiger partial charge is 0.347 e. The van der Waals surface area contributed by atoms with Crippen LogP contribution in [0.2, 0.25) is 10.0 Å². The van der Waals surface area contributed by atoms with Crippen molar-refractivity contribution in [3.63, 3.8) is 0 Å². The van der Waals surface area contributed by atoms with Crippen LogP contribution in [0.15, 0.2) is 5.11 Å². The number of nitrogens with one attached hydrogen (secondary N) is 2. The van der Waals surface area contributed by atoms with Gasteiger partial charge in [0.1, 0.15) is 10.6 Å². The number of thiazole rings is 1. The van der Waals surface area contributed by atoms with Gasteiger partial charge in [0.2, 0.25) is 0 Å². The zero-order valence-electron chi connectivity index (χ0n) is 15.4. The zero-order valence-corrected chi connectivity index (χ0v) is 17.8. The van der Waals surface area contributed by atoms with E-state index in [0.29, 0.717) is 36.0 Å². The molecular weight excluding hydrogens is 441 g/mol. The third-order valence-electron chi connectivity index (χ3n) is 4.63. The van der Waals surface area contributed by atoms with Crippen molar-refractivity contribution >= 4 is 51.5 Å². The first-order valence-electron chi connectivity index (χ1n) is 8.57. The molecule has 0 radical (unpaired) electrons. The summed E-state index contributed by atoms with van der Waals surface area (Å²) in [6.07, 6.45) is 0.474. The number of amides is 1. The van der Waals surface area contributed by atoms with E-state index in [-0.39, 0.29) is 20.6 Å². The van der Waals surface area contributed by atoms with Crippen LogP contribution in [0.5, 0.6) is 0 Å². The maximum atomic E-state index is 12.6. The Hall–Kier alpha value is -2.46. The van der Waals surface area contributed by atoms with Gasteiger partial charge in [-0.1, -0.05) is 39.7 Å². The second kappa shape index (κ2) is 8.50. The molecule has 2 aromatic rings. The Bertz CT molecular complexity index is 1010. The Morgan fingerprint density at radius 2 is 2.14 bits per heavy atom. The van der Waals surface area contributed by atoms with Gasteiger partial charge in [-0.3, -0.25) is 4.79 Å². The van der Waals surface area contributed by atoms with Crippen LogP contribution < -0.4 is 10.2 Å². The highest BCUT2D eigenvalue weighted by molar-refractivity contribution is 7.17. The summed E-state index contributed by atoms with van der Waals surface area (Å²) >= 11 is 13.2. The van der Waals surface area contributed by atoms with E-state index >= 15 is 0 Å². The van der Waals surface area contributed by atoms with Crippen LogP contribution in [0.3, 0.4) is 0 Å². The maximum Gasteiger partial charge on any atom is 0.347 e. The van der Waals surface area contributed by atoms with E-state index in [1.807, 2.05) is 4.90 Å². The number of aromatic carboxylic acids is 1. The van der Waals surface area contributed by atoms with E-state index in [9.17, 15) is 14.7 Å². The molecule has 10 nitrogen and oxygen atoms in total. The SMILES string of the molecule is Cc1nc(N2CCC(NC(=O)c3[nH]c(C)c(Cl)c3Cl)C(N=[N+]=[N-])C2)sc1C(=O)O. The molecule has 0 aromatic carbocycles. The number of anilines is 1. The first-order chi connectivity index (χ1) is 13.7. The number of carboxylic acid groups (broad SMARTS) is 1. The van der Waals surface area contributed by atoms with E-state index in [4.69, 9.17) is 28.7 Å². The summed E-state index contributed by atoms with van der Waals surface area (Å²) in [6.45, 7) is 4.13. The van der Waals surface area contributed by atoms with Crippen molar-refractivity contribution in [2.24, 2.45) is 5.11 Å². The highest BCUT2D eigenvalue weighted by atomic mass is 35.5. The third kappa shape index (κ3) is 4.27. The van der Waals surface area contributed by atoms with Gasteiger partial charge in [0.05, 0.1) is 21.8 Å². The number of piperidine rings is 1. The quantitative estimate of drug-likeness (QED) is 0.354. The van der Waals surface area contributed by atoms with Crippen LogP contribution in [-0.2, 0) is 0 Å². The lowest BCUT2D eigenvalue weighted by Crippen LogP contribution is -2.53. The fourth-order valence-corrected chi connectivity index (χ4v) is 4.50. The molecule has 1 saturated heterocycles. The molecule has 0 spiro atoms. The molecule has 1 aliphatic rings. The summed E-state index contributed by atoms with van der Waals surface area (Å²) in [7, 11) is 0. The average Bonchev–Trinajstić information content (AvgIpc) is 3.18. The molecule has 2 unspecified atom stereocenters. The summed E-state index contributed by atoms with van der Waals surface area (Å²) in [5.41, 5.74) is 10.1. The Kier molecular flexibility index (Phi) is 6.23. The van der Waals surface area contributed by atoms with Gasteiger partial charge in [-0.25, -0.2) is 9.78 Å². The lowest BCUT2D eigenvalue weighted by Gasteiger charge is -2.36. The fraction of sp³-hybridized carbons (Fsp3) is 0.438. The van der Waals surface area contributed by atoms with Crippen molar-refractivity contribution in [2.75, 3.05) is 18.0 Å². The highest BCUT2D eigenvalue weighted by Crippen LogP contribution is 2.31. The van der Waals surface area contributed by atoms with Gasteiger partial charge in [-0.15, -0.1) is 0 Å². The number of azide groups is 1. The van der Waals surface area contributed by atoms with Crippen LogP contribution >= 0.6 is 34.5 Å². The number of nitrogens with zero attached hydrogens (tertiary/aromatic N) is 5. The number of aromatic nitrogens is 2. The number of H-pyrrole nitrogens is 1. The van der Waals surface area contributed by atoms with Gasteiger partial charge < -0.3 is 20.3 Å². The molecule has 3 rings (SSSR count). The van der Waals surface area contributed by atoms with Crippen LogP contribution in [0.25, 0.3) is 10.4 Å². The van der Waals surface area contributed by atoms with Gasteiger partial charge in [-0.05, 0) is 25.8 Å². The zero-order chi connectivity index (χ0) is 21.3. The van der Waals surface area contributed by atoms with E-state index < -0.39 is 24.0 Å². The van der Waals surface area contributed by atoms with Crippen molar-refractivity contribution in [3.05, 3.63) is 42.4 Å². The van der Waals surface area contributed by atoms with Crippen LogP contribution in [0.1, 0.15) is 38.0 Å². The third-order valence-corrected chi connectivity index (χ3v) is 6.78. The minimum atomic E-state index is -1.03. The van der Waals surface area contributed by atoms with E-state index in [2.05, 4.69) is 25.3 Å². The molecule has 154 valence electrons. The van der Waals surface area contributed by atoms with Gasteiger partial charge in [0, 0.05) is 29.7 Å². The second-order valence-corrected chi connectivity index (χ2v) is 8.29. The number of carbonyl (C=O) groups excluding carboxylic acids is 1. The van der Waals surface area contributed by atoms with E-state index in [1.165, 1.54) is 0 Å². The Morgan fingerprint density at radius 1 is 1.41 bits per heavy atom. The lowest BCUT2D eigenvalue weighted by molar-refractivity contribution is 0.0700. The largest absolute Gasteiger partial charge is 0.477 e. The van der Waals surface area contributed by atoms with Crippen LogP contribution in [0, 0.1) is 13.8 Å². The standard InChI is InChI=1S/C16H17Cl2N7O3S/c1-6-10(17)11(18)12(20-6)14(26)22-8-3-4-25(5-9(8)23-24-19)16-21-7(2)13(29-16)15(27)28/h8-9,20H,3-5H2,1-2H3,(H,22,26)(H,27,28). The molecule has 3 N–H and O–H groups in total. The number of carbonyl (C=O) groups is 2. The second-order valence-electron chi connectivity index (χ2n) is 6.56. The summed E-state index contributed by atoms with van der Waals surface area (Å²) in [4.78, 5) is 35.9. The van der Waals surface area contributed by atoms with Crippen LogP contribution in [0.4, 0.5) is 5.13 Å². The molecule has 0 aliphatic carbocycles. The molecule has 1 fully saturated rings. The molecule has 1 amide bonds. The summed E-state index contributed by atoms with van der Waals surface area (Å²) in [5, 5.41) is 16.8. The molecule has 1 aliphatic heterocycles. The summed E-state index contributed by atoms with van der Waals surface area (Å²) < 4.78 is 0. The lowest BCUT2D eigenvalue weighted by atomic mass is 10.00. The summed E-state index contributed by atoms with van der Waals surface area (Å²) in [6, 6.07) is -0.992. The molecule has 13 heteroatoms. The van der Waals surface area contributed by atoms with E-state index in [1.54, 1.807) is 13.8 Å². The number of rotatable bonds is 5. The fourth-order valence-electron chi connectivity index (χ4n) is 3.14. The monoisotopic (exact) mass is 457 g/mol. The number of carboxylic acids is 1. The van der Waals surface area contributed by atoms with Gasteiger partial charge >= 0.3 is 5.97 Å². The van der Waals surface area contributed by atoms with Crippen molar-refractivity contribution in [1.29, 1.82) is 0 Å². The van der Waals surface area contributed by atoms with Crippen molar-refractivity contribution in [2.45, 2.75) is 32.4 Å². The van der Waals surface area contributed by atoms with Crippen molar-refractivity contribution in [1.82, 2.24) is 15.3 Å². The normalized spacial score (nSPS) is 19.0. The van der Waals surface area contributed by atoms with E-state index in [0.717, 1.165) is 11.3 Å². The molecule has 0 bridgehead atoms. The van der Waals surface area contributed by atoms with Crippen LogP contribution in [-0.4, -0.2) is 52.1 Å². The minimum Gasteiger partial charge on any atom is -0.477 e. The average molecular weight is 458 g/mol. The number of hydrogen-bond acceptors (Lipinski definition) is 6. The predicted octanol–water partition coefficient (Wildman–Crippen LogP) is 3.78. The topological polar surface area (TPSA) is 147 Å². The minimum absolute atomic E-state index is 0.138. The Morgan fingerprint density at radius 3 is 2.69 bits per heavy atom. The van der Waals surface area contributed by atoms with Crippen molar-refractivity contribution < 1.29 is 14.7 Å². The maximum absolute atomic E-state index is 12.6. The molecule has 29 heavy (non-hydrogen) atoms. The number of hydrogen-bond donors (Lipinski definition) is 3. The molecule has 2 atom stereocenters. The Labute approximate surface area is 179 Å². The summed E-state index contributed by atoms with van der Waals surface area (Å²) in [5.74, 6) is -1.48. The van der Waals surface area contributed by atoms with Gasteiger partial charge in [0.15, 0.2) is 5.13 Å².